The molecule has 5 heteroatoms. The zero-order valence-electron chi connectivity index (χ0n) is 13.6. The van der Waals surface area contributed by atoms with Gasteiger partial charge in [-0.25, -0.2) is 0 Å². The second-order valence-electron chi connectivity index (χ2n) is 6.80. The fourth-order valence-electron chi connectivity index (χ4n) is 3.41. The highest BCUT2D eigenvalue weighted by molar-refractivity contribution is 9.10. The second kappa shape index (κ2) is 5.84. The molecule has 1 aromatic heterocycles. The number of hydrogen-bond acceptors (Lipinski definition) is 4. The predicted octanol–water partition coefficient (Wildman–Crippen LogP) is 3.41. The van der Waals surface area contributed by atoms with Gasteiger partial charge in [-0.2, -0.15) is 0 Å². The number of piperidine rings is 1. The van der Waals surface area contributed by atoms with E-state index in [1.54, 1.807) is 0 Å². The smallest absolute Gasteiger partial charge is 0.310 e. The van der Waals surface area contributed by atoms with Crippen molar-refractivity contribution in [1.82, 2.24) is 4.98 Å². The molecule has 1 aliphatic carbocycles. The Kier molecular flexibility index (Phi) is 4.19. The molecule has 0 bridgehead atoms. The highest BCUT2D eigenvalue weighted by Gasteiger charge is 2.46. The van der Waals surface area contributed by atoms with Gasteiger partial charge in [0.05, 0.1) is 28.4 Å². The molecular weight excluding hydrogens is 344 g/mol. The molecule has 120 valence electrons. The maximum Gasteiger partial charge on any atom is 0.310 e. The van der Waals surface area contributed by atoms with E-state index in [0.29, 0.717) is 0 Å². The van der Waals surface area contributed by atoms with Crippen molar-refractivity contribution in [3.8, 4) is 0 Å². The highest BCUT2D eigenvalue weighted by atomic mass is 79.9. The topological polar surface area (TPSA) is 42.4 Å². The predicted molar refractivity (Wildman–Crippen MR) is 90.2 cm³/mol. The van der Waals surface area contributed by atoms with Crippen LogP contribution in [0.25, 0.3) is 0 Å². The molecule has 0 N–H and O–H groups in total. The van der Waals surface area contributed by atoms with Crippen molar-refractivity contribution in [3.05, 3.63) is 21.4 Å². The molecule has 0 amide bonds. The Morgan fingerprint density at radius 3 is 2.55 bits per heavy atom. The first kappa shape index (κ1) is 15.8. The maximum atomic E-state index is 12.1. The summed E-state index contributed by atoms with van der Waals surface area (Å²) in [6.45, 7) is 9.94. The monoisotopic (exact) mass is 366 g/mol. The zero-order valence-corrected chi connectivity index (χ0v) is 15.2. The molecule has 4 nitrogen and oxygen atoms in total. The molecule has 0 spiro atoms. The molecular formula is C17H23BrN2O2. The van der Waals surface area contributed by atoms with E-state index in [-0.39, 0.29) is 18.5 Å². The van der Waals surface area contributed by atoms with Crippen LogP contribution >= 0.6 is 15.9 Å². The third-order valence-corrected chi connectivity index (χ3v) is 5.52. The van der Waals surface area contributed by atoms with Crippen LogP contribution < -0.4 is 4.90 Å². The van der Waals surface area contributed by atoms with Crippen LogP contribution in [0.3, 0.4) is 0 Å². The number of hydrogen-bond donors (Lipinski definition) is 0. The van der Waals surface area contributed by atoms with E-state index in [0.717, 1.165) is 52.0 Å². The standard InChI is InChI=1S/C17H23BrN2O2/c1-9(2)22-15(21)6-14-10(3)19-11(4)16(18)17(14)20-7-12-5-13(12)8-20/h9,12-13H,5-8H2,1-4H3. The Bertz CT molecular complexity index is 605. The van der Waals surface area contributed by atoms with Gasteiger partial charge < -0.3 is 9.64 Å². The summed E-state index contributed by atoms with van der Waals surface area (Å²) in [6.07, 6.45) is 1.57. The van der Waals surface area contributed by atoms with Crippen LogP contribution in [-0.2, 0) is 16.0 Å². The van der Waals surface area contributed by atoms with Crippen molar-refractivity contribution in [2.24, 2.45) is 11.8 Å². The summed E-state index contributed by atoms with van der Waals surface area (Å²) in [6, 6.07) is 0. The lowest BCUT2D eigenvalue weighted by Crippen LogP contribution is -2.26. The lowest BCUT2D eigenvalue weighted by atomic mass is 10.1. The lowest BCUT2D eigenvalue weighted by Gasteiger charge is -2.26. The number of halogens is 1. The Morgan fingerprint density at radius 2 is 1.95 bits per heavy atom. The Labute approximate surface area is 140 Å². The Morgan fingerprint density at radius 1 is 1.32 bits per heavy atom. The van der Waals surface area contributed by atoms with E-state index >= 15 is 0 Å². The summed E-state index contributed by atoms with van der Waals surface area (Å²) in [5, 5.41) is 0. The largest absolute Gasteiger partial charge is 0.463 e. The van der Waals surface area contributed by atoms with Gasteiger partial charge in [0.15, 0.2) is 0 Å². The molecule has 1 aliphatic heterocycles. The minimum Gasteiger partial charge on any atom is -0.463 e. The van der Waals surface area contributed by atoms with Gasteiger partial charge in [0.2, 0.25) is 0 Å². The SMILES string of the molecule is Cc1nc(C)c(CC(=O)OC(C)C)c(N2CC3CC3C2)c1Br. The minimum atomic E-state index is -0.179. The van der Waals surface area contributed by atoms with Crippen molar-refractivity contribution in [2.45, 2.75) is 46.6 Å². The number of esters is 1. The van der Waals surface area contributed by atoms with Gasteiger partial charge in [-0.3, -0.25) is 9.78 Å². The van der Waals surface area contributed by atoms with Crippen molar-refractivity contribution in [1.29, 1.82) is 0 Å². The van der Waals surface area contributed by atoms with Crippen LogP contribution in [0, 0.1) is 25.7 Å². The number of ether oxygens (including phenoxy) is 1. The van der Waals surface area contributed by atoms with Crippen molar-refractivity contribution in [3.63, 3.8) is 0 Å². The van der Waals surface area contributed by atoms with Crippen LogP contribution in [-0.4, -0.2) is 30.1 Å². The summed E-state index contributed by atoms with van der Waals surface area (Å²) in [5.41, 5.74) is 4.06. The molecule has 0 radical (unpaired) electrons. The van der Waals surface area contributed by atoms with Crippen molar-refractivity contribution >= 4 is 27.6 Å². The molecule has 1 saturated heterocycles. The average molecular weight is 367 g/mol. The first-order valence-electron chi connectivity index (χ1n) is 7.96. The van der Waals surface area contributed by atoms with Crippen LogP contribution in [0.5, 0.6) is 0 Å². The van der Waals surface area contributed by atoms with Gasteiger partial charge >= 0.3 is 5.97 Å². The normalized spacial score (nSPS) is 22.9. The molecule has 2 heterocycles. The zero-order chi connectivity index (χ0) is 16.0. The number of rotatable bonds is 4. The number of aryl methyl sites for hydroxylation is 2. The van der Waals surface area contributed by atoms with Crippen LogP contribution in [0.1, 0.15) is 37.2 Å². The van der Waals surface area contributed by atoms with Gasteiger partial charge in [0.1, 0.15) is 0 Å². The summed E-state index contributed by atoms with van der Waals surface area (Å²) in [4.78, 5) is 19.1. The first-order valence-corrected chi connectivity index (χ1v) is 8.76. The fraction of sp³-hybridized carbons (Fsp3) is 0.647. The van der Waals surface area contributed by atoms with E-state index in [2.05, 4.69) is 25.8 Å². The van der Waals surface area contributed by atoms with E-state index in [9.17, 15) is 4.79 Å². The molecule has 3 rings (SSSR count). The Hall–Kier alpha value is -1.10. The van der Waals surface area contributed by atoms with Gasteiger partial charge in [-0.05, 0) is 61.9 Å². The molecule has 2 fully saturated rings. The summed E-state index contributed by atoms with van der Waals surface area (Å²) >= 11 is 3.69. The number of anilines is 1. The average Bonchev–Trinajstić information content (AvgIpc) is 3.02. The number of fused-ring (bicyclic) bond motifs is 1. The van der Waals surface area contributed by atoms with Gasteiger partial charge in [-0.1, -0.05) is 0 Å². The lowest BCUT2D eigenvalue weighted by molar-refractivity contribution is -0.146. The van der Waals surface area contributed by atoms with Crippen LogP contribution in [0.15, 0.2) is 4.47 Å². The first-order chi connectivity index (χ1) is 10.4. The maximum absolute atomic E-state index is 12.1. The molecule has 0 aromatic carbocycles. The van der Waals surface area contributed by atoms with E-state index in [1.807, 2.05) is 27.7 Å². The molecule has 2 aliphatic rings. The second-order valence-corrected chi connectivity index (χ2v) is 7.59. The minimum absolute atomic E-state index is 0.0856. The van der Waals surface area contributed by atoms with Crippen LogP contribution in [0.2, 0.25) is 0 Å². The van der Waals surface area contributed by atoms with Gasteiger partial charge in [0, 0.05) is 24.3 Å². The Balaban J connectivity index is 1.93. The van der Waals surface area contributed by atoms with Crippen molar-refractivity contribution < 1.29 is 9.53 Å². The van der Waals surface area contributed by atoms with E-state index < -0.39 is 0 Å². The van der Waals surface area contributed by atoms with Gasteiger partial charge in [-0.15, -0.1) is 0 Å². The summed E-state index contributed by atoms with van der Waals surface area (Å²) in [7, 11) is 0. The molecule has 22 heavy (non-hydrogen) atoms. The third-order valence-electron chi connectivity index (χ3n) is 4.57. The summed E-state index contributed by atoms with van der Waals surface area (Å²) in [5.74, 6) is 1.51. The number of carbonyl (C=O) groups is 1. The van der Waals surface area contributed by atoms with E-state index in [4.69, 9.17) is 4.74 Å². The number of carbonyl (C=O) groups excluding carboxylic acids is 1. The number of pyridine rings is 1. The quantitative estimate of drug-likeness (QED) is 0.765. The van der Waals surface area contributed by atoms with E-state index in [1.165, 1.54) is 6.42 Å². The highest BCUT2D eigenvalue weighted by Crippen LogP contribution is 2.48. The van der Waals surface area contributed by atoms with Crippen LogP contribution in [0.4, 0.5) is 5.69 Å². The summed E-state index contributed by atoms with van der Waals surface area (Å²) < 4.78 is 6.35. The molecule has 1 saturated carbocycles. The molecule has 2 unspecified atom stereocenters. The fourth-order valence-corrected chi connectivity index (χ4v) is 3.99. The van der Waals surface area contributed by atoms with Crippen molar-refractivity contribution in [2.75, 3.05) is 18.0 Å². The van der Waals surface area contributed by atoms with Gasteiger partial charge in [0.25, 0.3) is 0 Å². The number of aromatic nitrogens is 1. The molecule has 1 aromatic rings. The number of nitrogens with zero attached hydrogens (tertiary/aromatic N) is 2. The molecule has 2 atom stereocenters. The third kappa shape index (κ3) is 3.00.